The van der Waals surface area contributed by atoms with E-state index in [-0.39, 0.29) is 5.91 Å². The van der Waals surface area contributed by atoms with Crippen LogP contribution in [0.3, 0.4) is 0 Å². The first-order valence-electron chi connectivity index (χ1n) is 6.79. The third-order valence-corrected chi connectivity index (χ3v) is 2.95. The topological polar surface area (TPSA) is 47.6 Å². The Kier molecular flexibility index (Phi) is 5.35. The van der Waals surface area contributed by atoms with Gasteiger partial charge >= 0.3 is 0 Å². The molecule has 0 aliphatic heterocycles. The lowest BCUT2D eigenvalue weighted by Gasteiger charge is -2.08. The van der Waals surface area contributed by atoms with E-state index in [0.29, 0.717) is 18.8 Å². The molecule has 4 nitrogen and oxygen atoms in total. The van der Waals surface area contributed by atoms with Gasteiger partial charge in [0.15, 0.2) is 0 Å². The molecule has 2 aromatic rings. The fraction of sp³-hybridized carbons (Fsp3) is 0.235. The Labute approximate surface area is 124 Å². The van der Waals surface area contributed by atoms with Crippen molar-refractivity contribution in [1.82, 2.24) is 0 Å². The Morgan fingerprint density at radius 3 is 2.52 bits per heavy atom. The molecule has 0 heterocycles. The second-order valence-corrected chi connectivity index (χ2v) is 4.69. The number of hydrogen-bond acceptors (Lipinski definition) is 3. The molecule has 0 atom stereocenters. The molecule has 0 aliphatic rings. The minimum absolute atomic E-state index is 0.119. The minimum Gasteiger partial charge on any atom is -0.491 e. The number of aryl methyl sites for hydroxylation is 1. The predicted molar refractivity (Wildman–Crippen MR) is 82.9 cm³/mol. The van der Waals surface area contributed by atoms with Gasteiger partial charge in [-0.1, -0.05) is 17.7 Å². The Balaban J connectivity index is 1.95. The third-order valence-electron chi connectivity index (χ3n) is 2.95. The lowest BCUT2D eigenvalue weighted by atomic mass is 10.1. The molecular formula is C17H19NO3. The van der Waals surface area contributed by atoms with Gasteiger partial charge in [0.25, 0.3) is 5.91 Å². The van der Waals surface area contributed by atoms with Crippen LogP contribution < -0.4 is 10.1 Å². The SMILES string of the molecule is COCCOc1ccc(NC(=O)c2cccc(C)c2)cc1. The van der Waals surface area contributed by atoms with Crippen molar-refractivity contribution in [2.75, 3.05) is 25.6 Å². The normalized spacial score (nSPS) is 10.2. The highest BCUT2D eigenvalue weighted by Gasteiger charge is 2.06. The molecule has 0 radical (unpaired) electrons. The van der Waals surface area contributed by atoms with E-state index >= 15 is 0 Å². The van der Waals surface area contributed by atoms with Crippen LogP contribution in [0.15, 0.2) is 48.5 Å². The standard InChI is InChI=1S/C17H19NO3/c1-13-4-3-5-14(12-13)17(19)18-15-6-8-16(9-7-15)21-11-10-20-2/h3-9,12H,10-11H2,1-2H3,(H,18,19). The highest BCUT2D eigenvalue weighted by Crippen LogP contribution is 2.16. The van der Waals surface area contributed by atoms with Crippen LogP contribution in [0.4, 0.5) is 5.69 Å². The summed E-state index contributed by atoms with van der Waals surface area (Å²) in [6, 6.07) is 14.8. The zero-order valence-electron chi connectivity index (χ0n) is 12.3. The molecule has 0 spiro atoms. The highest BCUT2D eigenvalue weighted by atomic mass is 16.5. The first-order chi connectivity index (χ1) is 10.2. The number of rotatable bonds is 6. The zero-order chi connectivity index (χ0) is 15.1. The van der Waals surface area contributed by atoms with Crippen LogP contribution in [0, 0.1) is 6.92 Å². The molecular weight excluding hydrogens is 266 g/mol. The van der Waals surface area contributed by atoms with E-state index in [4.69, 9.17) is 9.47 Å². The van der Waals surface area contributed by atoms with Crippen LogP contribution in [0.25, 0.3) is 0 Å². The maximum Gasteiger partial charge on any atom is 0.255 e. The maximum atomic E-state index is 12.1. The summed E-state index contributed by atoms with van der Waals surface area (Å²) in [5.74, 6) is 0.632. The Bertz CT molecular complexity index is 593. The van der Waals surface area contributed by atoms with Gasteiger partial charge in [-0.05, 0) is 43.3 Å². The second kappa shape index (κ2) is 7.45. The van der Waals surface area contributed by atoms with Crippen LogP contribution >= 0.6 is 0 Å². The summed E-state index contributed by atoms with van der Waals surface area (Å²) in [7, 11) is 1.63. The molecule has 21 heavy (non-hydrogen) atoms. The van der Waals surface area contributed by atoms with Crippen molar-refractivity contribution in [2.24, 2.45) is 0 Å². The second-order valence-electron chi connectivity index (χ2n) is 4.69. The number of hydrogen-bond donors (Lipinski definition) is 1. The third kappa shape index (κ3) is 4.61. The Morgan fingerprint density at radius 1 is 1.10 bits per heavy atom. The van der Waals surface area contributed by atoms with E-state index in [1.54, 1.807) is 13.2 Å². The van der Waals surface area contributed by atoms with Crippen molar-refractivity contribution in [3.63, 3.8) is 0 Å². The number of carbonyl (C=O) groups excluding carboxylic acids is 1. The van der Waals surface area contributed by atoms with Crippen LogP contribution in [-0.4, -0.2) is 26.2 Å². The molecule has 0 unspecified atom stereocenters. The van der Waals surface area contributed by atoms with Gasteiger partial charge in [-0.2, -0.15) is 0 Å². The molecule has 0 saturated carbocycles. The molecule has 4 heteroatoms. The highest BCUT2D eigenvalue weighted by molar-refractivity contribution is 6.04. The lowest BCUT2D eigenvalue weighted by Crippen LogP contribution is -2.12. The number of benzene rings is 2. The summed E-state index contributed by atoms with van der Waals surface area (Å²) in [4.78, 5) is 12.1. The van der Waals surface area contributed by atoms with Gasteiger partial charge < -0.3 is 14.8 Å². The first kappa shape index (κ1) is 15.1. The van der Waals surface area contributed by atoms with Crippen LogP contribution in [-0.2, 0) is 4.74 Å². The van der Waals surface area contributed by atoms with Crippen molar-refractivity contribution in [3.05, 3.63) is 59.7 Å². The maximum absolute atomic E-state index is 12.1. The summed E-state index contributed by atoms with van der Waals surface area (Å²) < 4.78 is 10.4. The molecule has 0 fully saturated rings. The summed E-state index contributed by atoms with van der Waals surface area (Å²) in [5.41, 5.74) is 2.44. The van der Waals surface area contributed by atoms with Crippen molar-refractivity contribution in [3.8, 4) is 5.75 Å². The average Bonchev–Trinajstić information content (AvgIpc) is 2.49. The number of anilines is 1. The van der Waals surface area contributed by atoms with E-state index < -0.39 is 0 Å². The van der Waals surface area contributed by atoms with Crippen molar-refractivity contribution >= 4 is 11.6 Å². The predicted octanol–water partition coefficient (Wildman–Crippen LogP) is 3.27. The van der Waals surface area contributed by atoms with Gasteiger partial charge in [0.2, 0.25) is 0 Å². The summed E-state index contributed by atoms with van der Waals surface area (Å²) in [6.07, 6.45) is 0. The molecule has 2 aromatic carbocycles. The Morgan fingerprint density at radius 2 is 1.86 bits per heavy atom. The van der Waals surface area contributed by atoms with Crippen molar-refractivity contribution in [1.29, 1.82) is 0 Å². The molecule has 0 aromatic heterocycles. The van der Waals surface area contributed by atoms with Gasteiger partial charge in [0, 0.05) is 18.4 Å². The molecule has 110 valence electrons. The van der Waals surface area contributed by atoms with Gasteiger partial charge in [0.1, 0.15) is 12.4 Å². The van der Waals surface area contributed by atoms with Crippen molar-refractivity contribution in [2.45, 2.75) is 6.92 Å². The van der Waals surface area contributed by atoms with E-state index in [1.807, 2.05) is 49.4 Å². The van der Waals surface area contributed by atoms with E-state index in [0.717, 1.165) is 17.0 Å². The van der Waals surface area contributed by atoms with Crippen LogP contribution in [0.2, 0.25) is 0 Å². The van der Waals surface area contributed by atoms with Crippen molar-refractivity contribution < 1.29 is 14.3 Å². The smallest absolute Gasteiger partial charge is 0.255 e. The summed E-state index contributed by atoms with van der Waals surface area (Å²) in [5, 5.41) is 2.86. The van der Waals surface area contributed by atoms with Gasteiger partial charge in [-0.3, -0.25) is 4.79 Å². The monoisotopic (exact) mass is 285 g/mol. The number of carbonyl (C=O) groups is 1. The summed E-state index contributed by atoms with van der Waals surface area (Å²) in [6.45, 7) is 3.01. The van der Waals surface area contributed by atoms with Gasteiger partial charge in [-0.15, -0.1) is 0 Å². The van der Waals surface area contributed by atoms with Gasteiger partial charge in [0.05, 0.1) is 6.61 Å². The molecule has 0 bridgehead atoms. The number of nitrogens with one attached hydrogen (secondary N) is 1. The van der Waals surface area contributed by atoms with Gasteiger partial charge in [-0.25, -0.2) is 0 Å². The number of ether oxygens (including phenoxy) is 2. The Hall–Kier alpha value is -2.33. The summed E-state index contributed by atoms with van der Waals surface area (Å²) >= 11 is 0. The molecule has 0 aliphatic carbocycles. The molecule has 1 amide bonds. The largest absolute Gasteiger partial charge is 0.491 e. The van der Waals surface area contributed by atoms with Crippen LogP contribution in [0.5, 0.6) is 5.75 Å². The van der Waals surface area contributed by atoms with E-state index in [1.165, 1.54) is 0 Å². The average molecular weight is 285 g/mol. The van der Waals surface area contributed by atoms with E-state index in [9.17, 15) is 4.79 Å². The molecule has 2 rings (SSSR count). The quantitative estimate of drug-likeness (QED) is 0.829. The fourth-order valence-electron chi connectivity index (χ4n) is 1.87. The first-order valence-corrected chi connectivity index (χ1v) is 6.79. The fourth-order valence-corrected chi connectivity index (χ4v) is 1.87. The van der Waals surface area contributed by atoms with E-state index in [2.05, 4.69) is 5.32 Å². The lowest BCUT2D eigenvalue weighted by molar-refractivity contribution is 0.102. The molecule has 1 N–H and O–H groups in total. The number of amides is 1. The number of methoxy groups -OCH3 is 1. The van der Waals surface area contributed by atoms with Crippen LogP contribution in [0.1, 0.15) is 15.9 Å². The minimum atomic E-state index is -0.119. The zero-order valence-corrected chi connectivity index (χ0v) is 12.3. The molecule has 0 saturated heterocycles.